The van der Waals surface area contributed by atoms with Crippen molar-refractivity contribution in [1.82, 2.24) is 0 Å². The van der Waals surface area contributed by atoms with Crippen molar-refractivity contribution < 1.29 is 44.0 Å². The summed E-state index contributed by atoms with van der Waals surface area (Å²) < 4.78 is 0. The quantitative estimate of drug-likeness (QED) is 0.0962. The van der Waals surface area contributed by atoms with E-state index in [0.29, 0.717) is 26.1 Å². The average molecular weight is 835 g/mol. The van der Waals surface area contributed by atoms with E-state index in [1.165, 1.54) is 33.1 Å². The summed E-state index contributed by atoms with van der Waals surface area (Å²) in [5.74, 6) is -10.6. The number of allylic oxidation sites excluding steroid dienone is 2. The molecule has 6 atom stereocenters. The number of aromatic hydroxyl groups is 1. The lowest BCUT2D eigenvalue weighted by molar-refractivity contribution is -0.392. The minimum absolute atomic E-state index is 0.0873. The first kappa shape index (κ1) is 40.0. The van der Waals surface area contributed by atoms with Crippen molar-refractivity contribution in [3.05, 3.63) is 118 Å². The molecule has 4 aromatic carbocycles. The Balaban J connectivity index is 1.28. The number of nitro groups is 4. The molecule has 2 heterocycles. The Morgan fingerprint density at radius 3 is 1.54 bits per heavy atom. The molecule has 21 nitrogen and oxygen atoms in total. The predicted octanol–water partition coefficient (Wildman–Crippen LogP) is 5.36. The molecule has 312 valence electrons. The van der Waals surface area contributed by atoms with E-state index in [1.807, 2.05) is 0 Å². The molecule has 0 radical (unpaired) electrons. The van der Waals surface area contributed by atoms with Crippen LogP contribution >= 0.6 is 0 Å². The first-order valence-corrected chi connectivity index (χ1v) is 18.8. The second-order valence-corrected chi connectivity index (χ2v) is 15.8. The van der Waals surface area contributed by atoms with Gasteiger partial charge in [-0.25, -0.2) is 9.80 Å². The van der Waals surface area contributed by atoms with Crippen LogP contribution in [0.5, 0.6) is 5.75 Å². The van der Waals surface area contributed by atoms with Gasteiger partial charge in [-0.3, -0.25) is 59.6 Å². The van der Waals surface area contributed by atoms with Gasteiger partial charge >= 0.3 is 22.7 Å². The third-order valence-electron chi connectivity index (χ3n) is 12.2. The van der Waals surface area contributed by atoms with E-state index >= 15 is 0 Å². The topological polar surface area (TPSA) is 274 Å². The van der Waals surface area contributed by atoms with Gasteiger partial charge in [0.15, 0.2) is 11.4 Å². The largest absolute Gasteiger partial charge is 0.507 e. The third kappa shape index (κ3) is 5.90. The van der Waals surface area contributed by atoms with Gasteiger partial charge in [0.1, 0.15) is 5.75 Å². The number of amides is 4. The number of carbonyl (C=O) groups is 4. The van der Waals surface area contributed by atoms with E-state index in [0.717, 1.165) is 29.2 Å². The molecule has 4 aromatic rings. The number of anilines is 4. The summed E-state index contributed by atoms with van der Waals surface area (Å²) >= 11 is 0. The van der Waals surface area contributed by atoms with Gasteiger partial charge in [-0.2, -0.15) is 0 Å². The van der Waals surface area contributed by atoms with Crippen LogP contribution in [-0.4, -0.2) is 76.6 Å². The van der Waals surface area contributed by atoms with Crippen LogP contribution in [0, 0.1) is 70.0 Å². The summed E-state index contributed by atoms with van der Waals surface area (Å²) in [5, 5.41) is 61.9. The monoisotopic (exact) mass is 834 g/mol. The Morgan fingerprint density at radius 1 is 0.607 bits per heavy atom. The molecule has 8 rings (SSSR count). The van der Waals surface area contributed by atoms with Gasteiger partial charge in [0, 0.05) is 69.3 Å². The van der Waals surface area contributed by atoms with Crippen LogP contribution in [0.15, 0.2) is 72.3 Å². The van der Waals surface area contributed by atoms with Crippen LogP contribution in [-0.2, 0) is 19.2 Å². The molecule has 0 aromatic heterocycles. The summed E-state index contributed by atoms with van der Waals surface area (Å²) in [6, 6.07) is 13.7. The zero-order chi connectivity index (χ0) is 44.1. The average Bonchev–Trinajstić information content (AvgIpc) is 3.62. The van der Waals surface area contributed by atoms with Crippen LogP contribution in [0.4, 0.5) is 45.5 Å². The Bertz CT molecular complexity index is 2680. The van der Waals surface area contributed by atoms with Crippen LogP contribution < -0.4 is 19.6 Å². The highest BCUT2D eigenvalue weighted by atomic mass is 16.6. The van der Waals surface area contributed by atoms with Crippen molar-refractivity contribution in [2.45, 2.75) is 18.8 Å². The minimum Gasteiger partial charge on any atom is -0.507 e. The second kappa shape index (κ2) is 14.2. The molecule has 1 saturated carbocycles. The van der Waals surface area contributed by atoms with E-state index in [9.17, 15) is 64.7 Å². The smallest absolute Gasteiger partial charge is 0.301 e. The molecule has 2 aliphatic heterocycles. The van der Waals surface area contributed by atoms with Crippen molar-refractivity contribution in [1.29, 1.82) is 0 Å². The van der Waals surface area contributed by atoms with Crippen LogP contribution in [0.25, 0.3) is 10.8 Å². The second-order valence-electron chi connectivity index (χ2n) is 15.8. The van der Waals surface area contributed by atoms with E-state index in [4.69, 9.17) is 0 Å². The summed E-state index contributed by atoms with van der Waals surface area (Å²) in [4.78, 5) is 108. The van der Waals surface area contributed by atoms with Gasteiger partial charge in [0.2, 0.25) is 23.6 Å². The molecule has 4 aliphatic rings. The molecule has 2 saturated heterocycles. The molecule has 0 unspecified atom stereocenters. The number of hydrogen-bond acceptors (Lipinski definition) is 15. The molecule has 0 spiro atoms. The number of nitrogens with zero attached hydrogens (tertiary/aromatic N) is 8. The highest BCUT2D eigenvalue weighted by Gasteiger charge is 2.63. The number of imide groups is 2. The molecule has 61 heavy (non-hydrogen) atoms. The SMILES string of the molecule is CN(C)c1c([N+](=O)[O-])cc(N2C(=O)[C@H]3[C@H](CC=C4[C@H]3C[C@H]3C(=O)N(c5cc([N+](=O)[O-])c(N(C)C)c([N+](=O)[O-])c5)C(=O)[C@H]3[C@H]4c3ccc4ccccc4c3O)C2=O)cc1[N+](=O)[O-]. The Morgan fingerprint density at radius 2 is 1.07 bits per heavy atom. The number of phenolic OH excluding ortho intramolecular Hbond substituents is 1. The molecule has 3 fully saturated rings. The first-order chi connectivity index (χ1) is 28.8. The van der Waals surface area contributed by atoms with E-state index in [2.05, 4.69) is 0 Å². The Kier molecular flexibility index (Phi) is 9.28. The molecular weight excluding hydrogens is 800 g/mol. The van der Waals surface area contributed by atoms with Crippen LogP contribution in [0.2, 0.25) is 0 Å². The molecule has 0 bridgehead atoms. The summed E-state index contributed by atoms with van der Waals surface area (Å²) in [5.41, 5.74) is -3.92. The Hall–Kier alpha value is -7.84. The van der Waals surface area contributed by atoms with Gasteiger partial charge in [0.25, 0.3) is 0 Å². The number of fused-ring (bicyclic) bond motifs is 5. The number of carbonyl (C=O) groups excluding carboxylic acids is 4. The highest BCUT2D eigenvalue weighted by Crippen LogP contribution is 2.60. The fraction of sp³-hybridized carbons (Fsp3) is 0.300. The molecular formula is C40H34N8O13. The van der Waals surface area contributed by atoms with E-state index in [-0.39, 0.29) is 35.5 Å². The standard InChI is InChI=1S/C40H34N8O13/c1-41(2)34-27(45(54)55)13-19(14-28(34)46(56)57)43-37(50)24-12-11-22-25(32(24)39(43)52)17-26-33(31(22)23-10-9-18-7-5-6-8-21(18)36(23)49)40(53)44(38(26)51)20-15-29(47(58)59)35(42(3)4)30(16-20)48(60)61/h5-11,13-16,24-26,31-33,49H,12,17H2,1-4H3/t24-,25+,26+,31+,32-,33+/m0/s1. The van der Waals surface area contributed by atoms with Crippen molar-refractivity contribution in [2.75, 3.05) is 47.8 Å². The van der Waals surface area contributed by atoms with Gasteiger partial charge in [0.05, 0.1) is 54.7 Å². The van der Waals surface area contributed by atoms with Crippen LogP contribution in [0.1, 0.15) is 24.3 Å². The first-order valence-electron chi connectivity index (χ1n) is 18.8. The normalized spacial score (nSPS) is 23.0. The van der Waals surface area contributed by atoms with Crippen molar-refractivity contribution in [2.24, 2.45) is 29.6 Å². The Labute approximate surface area is 343 Å². The van der Waals surface area contributed by atoms with E-state index in [1.54, 1.807) is 42.5 Å². The summed E-state index contributed by atoms with van der Waals surface area (Å²) in [6.45, 7) is 0. The molecule has 21 heteroatoms. The zero-order valence-corrected chi connectivity index (χ0v) is 32.7. The predicted molar refractivity (Wildman–Crippen MR) is 216 cm³/mol. The maximum Gasteiger partial charge on any atom is 0.301 e. The lowest BCUT2D eigenvalue weighted by Crippen LogP contribution is -2.43. The van der Waals surface area contributed by atoms with Crippen molar-refractivity contribution in [3.63, 3.8) is 0 Å². The number of phenols is 1. The fourth-order valence-electron chi connectivity index (χ4n) is 9.88. The molecule has 2 aliphatic carbocycles. The highest BCUT2D eigenvalue weighted by molar-refractivity contribution is 6.24. The number of hydrogen-bond donors (Lipinski definition) is 1. The lowest BCUT2D eigenvalue weighted by Gasteiger charge is -2.44. The summed E-state index contributed by atoms with van der Waals surface area (Å²) in [7, 11) is 5.44. The minimum atomic E-state index is -1.29. The van der Waals surface area contributed by atoms with E-state index < -0.39 is 113 Å². The van der Waals surface area contributed by atoms with Gasteiger partial charge in [-0.1, -0.05) is 48.0 Å². The van der Waals surface area contributed by atoms with Crippen molar-refractivity contribution >= 4 is 79.9 Å². The molecule has 4 amide bonds. The fourth-order valence-corrected chi connectivity index (χ4v) is 9.88. The van der Waals surface area contributed by atoms with Gasteiger partial charge in [-0.15, -0.1) is 0 Å². The number of benzene rings is 4. The van der Waals surface area contributed by atoms with Crippen LogP contribution in [0.3, 0.4) is 0 Å². The number of rotatable bonds is 9. The zero-order valence-electron chi connectivity index (χ0n) is 32.7. The lowest BCUT2D eigenvalue weighted by atomic mass is 9.57. The summed E-state index contributed by atoms with van der Waals surface area (Å²) in [6.07, 6.45) is 1.35. The number of nitro benzene ring substituents is 4. The van der Waals surface area contributed by atoms with Gasteiger partial charge in [-0.05, 0) is 24.1 Å². The third-order valence-corrected chi connectivity index (χ3v) is 12.2. The molecule has 1 N–H and O–H groups in total. The maximum atomic E-state index is 14.8. The van der Waals surface area contributed by atoms with Gasteiger partial charge < -0.3 is 14.9 Å². The van der Waals surface area contributed by atoms with Crippen molar-refractivity contribution in [3.8, 4) is 5.75 Å². The maximum absolute atomic E-state index is 14.8.